The number of hydrogen-bond donors (Lipinski definition) is 2. The van der Waals surface area contributed by atoms with Gasteiger partial charge >= 0.3 is 0 Å². The Kier molecular flexibility index (Phi) is 7.60. The Labute approximate surface area is 191 Å². The topological polar surface area (TPSA) is 115 Å². The SMILES string of the molecule is CS(=O)(=O)Nc1c(F)cc(CNC(=O)/C=C/c2ccc(CF)nc2N2CCCC2)cc1C#N. The van der Waals surface area contributed by atoms with E-state index in [4.69, 9.17) is 0 Å². The number of nitriles is 1. The molecule has 1 aromatic carbocycles. The number of rotatable bonds is 8. The van der Waals surface area contributed by atoms with Gasteiger partial charge in [-0.15, -0.1) is 0 Å². The summed E-state index contributed by atoms with van der Waals surface area (Å²) in [7, 11) is -3.77. The van der Waals surface area contributed by atoms with Crippen LogP contribution in [0.1, 0.15) is 35.2 Å². The minimum absolute atomic E-state index is 0.0774. The Hall–Kier alpha value is -3.52. The van der Waals surface area contributed by atoms with E-state index in [1.807, 2.05) is 4.72 Å². The molecule has 2 N–H and O–H groups in total. The molecule has 0 spiro atoms. The van der Waals surface area contributed by atoms with Gasteiger partial charge < -0.3 is 10.2 Å². The van der Waals surface area contributed by atoms with Gasteiger partial charge in [0, 0.05) is 31.3 Å². The van der Waals surface area contributed by atoms with Crippen LogP contribution in [0.4, 0.5) is 20.3 Å². The molecule has 1 amide bonds. The van der Waals surface area contributed by atoms with Crippen molar-refractivity contribution < 1.29 is 22.0 Å². The zero-order chi connectivity index (χ0) is 24.0. The van der Waals surface area contributed by atoms with E-state index < -0.39 is 34.1 Å². The lowest BCUT2D eigenvalue weighted by molar-refractivity contribution is -0.116. The van der Waals surface area contributed by atoms with E-state index in [1.54, 1.807) is 24.3 Å². The molecule has 0 aliphatic carbocycles. The Morgan fingerprint density at radius 1 is 1.30 bits per heavy atom. The standard InChI is InChI=1S/C22H23F2N5O3S/c1-33(31,32)28-21-17(13-25)10-15(11-19(21)24)14-26-20(30)7-5-16-4-6-18(12-23)27-22(16)29-8-2-3-9-29/h4-7,10-11,28H,2-3,8-9,12,14H2,1H3,(H,26,30)/b7-5+. The molecule has 174 valence electrons. The fraction of sp³-hybridized carbons (Fsp3) is 0.318. The lowest BCUT2D eigenvalue weighted by atomic mass is 10.1. The average Bonchev–Trinajstić information content (AvgIpc) is 3.31. The van der Waals surface area contributed by atoms with E-state index in [0.29, 0.717) is 17.1 Å². The molecule has 8 nitrogen and oxygen atoms in total. The number of halogens is 2. The average molecular weight is 476 g/mol. The molecule has 0 bridgehead atoms. The molecular weight excluding hydrogens is 452 g/mol. The van der Waals surface area contributed by atoms with Crippen molar-refractivity contribution in [3.8, 4) is 6.07 Å². The van der Waals surface area contributed by atoms with Crippen molar-refractivity contribution in [3.05, 3.63) is 58.5 Å². The van der Waals surface area contributed by atoms with E-state index in [1.165, 1.54) is 12.1 Å². The van der Waals surface area contributed by atoms with Gasteiger partial charge in [0.1, 0.15) is 30.1 Å². The van der Waals surface area contributed by atoms with Crippen molar-refractivity contribution in [2.24, 2.45) is 0 Å². The summed E-state index contributed by atoms with van der Waals surface area (Å²) in [4.78, 5) is 18.7. The summed E-state index contributed by atoms with van der Waals surface area (Å²) < 4.78 is 52.1. The largest absolute Gasteiger partial charge is 0.356 e. The molecule has 0 atom stereocenters. The fourth-order valence-electron chi connectivity index (χ4n) is 3.44. The molecular formula is C22H23F2N5O3S. The summed E-state index contributed by atoms with van der Waals surface area (Å²) in [5.74, 6) is -0.760. The molecule has 11 heteroatoms. The van der Waals surface area contributed by atoms with Gasteiger partial charge in [0.2, 0.25) is 15.9 Å². The van der Waals surface area contributed by atoms with Crippen molar-refractivity contribution in [1.82, 2.24) is 10.3 Å². The zero-order valence-corrected chi connectivity index (χ0v) is 18.8. The smallest absolute Gasteiger partial charge is 0.244 e. The van der Waals surface area contributed by atoms with Crippen LogP contribution in [-0.2, 0) is 28.0 Å². The third-order valence-corrected chi connectivity index (χ3v) is 5.52. The predicted molar refractivity (Wildman–Crippen MR) is 121 cm³/mol. The Morgan fingerprint density at radius 2 is 2.03 bits per heavy atom. The number of carbonyl (C=O) groups is 1. The Morgan fingerprint density at radius 3 is 2.67 bits per heavy atom. The van der Waals surface area contributed by atoms with Crippen molar-refractivity contribution in [3.63, 3.8) is 0 Å². The fourth-order valence-corrected chi connectivity index (χ4v) is 4.02. The molecule has 2 heterocycles. The lowest BCUT2D eigenvalue weighted by Gasteiger charge is -2.19. The van der Waals surface area contributed by atoms with Crippen LogP contribution in [0.3, 0.4) is 0 Å². The minimum atomic E-state index is -3.77. The van der Waals surface area contributed by atoms with Gasteiger partial charge in [0.25, 0.3) is 0 Å². The second-order valence-electron chi connectivity index (χ2n) is 7.58. The number of nitrogens with zero attached hydrogens (tertiary/aromatic N) is 3. The molecule has 2 aromatic rings. The number of pyridine rings is 1. The van der Waals surface area contributed by atoms with E-state index >= 15 is 0 Å². The van der Waals surface area contributed by atoms with Crippen LogP contribution in [0.2, 0.25) is 0 Å². The number of carbonyl (C=O) groups excluding carboxylic acids is 1. The van der Waals surface area contributed by atoms with Gasteiger partial charge in [-0.25, -0.2) is 22.2 Å². The first-order chi connectivity index (χ1) is 15.7. The minimum Gasteiger partial charge on any atom is -0.356 e. The molecule has 3 rings (SSSR count). The second-order valence-corrected chi connectivity index (χ2v) is 9.33. The second kappa shape index (κ2) is 10.4. The number of aromatic nitrogens is 1. The highest BCUT2D eigenvalue weighted by molar-refractivity contribution is 7.92. The van der Waals surface area contributed by atoms with Crippen LogP contribution in [0.25, 0.3) is 6.08 Å². The van der Waals surface area contributed by atoms with Crippen LogP contribution >= 0.6 is 0 Å². The molecule has 0 saturated carbocycles. The molecule has 1 fully saturated rings. The number of anilines is 2. The highest BCUT2D eigenvalue weighted by Crippen LogP contribution is 2.25. The number of amides is 1. The van der Waals surface area contributed by atoms with E-state index in [9.17, 15) is 27.3 Å². The molecule has 1 saturated heterocycles. The number of alkyl halides is 1. The van der Waals surface area contributed by atoms with Gasteiger partial charge in [-0.1, -0.05) is 0 Å². The van der Waals surface area contributed by atoms with E-state index in [2.05, 4.69) is 15.2 Å². The number of hydrogen-bond acceptors (Lipinski definition) is 6. The first kappa shape index (κ1) is 24.1. The van der Waals surface area contributed by atoms with Crippen molar-refractivity contribution >= 4 is 33.5 Å². The Bertz CT molecular complexity index is 1220. The van der Waals surface area contributed by atoms with Crippen molar-refractivity contribution in [2.45, 2.75) is 26.1 Å². The van der Waals surface area contributed by atoms with Gasteiger partial charge in [0.15, 0.2) is 0 Å². The van der Waals surface area contributed by atoms with Crippen LogP contribution in [0, 0.1) is 17.1 Å². The number of nitrogens with one attached hydrogen (secondary N) is 2. The predicted octanol–water partition coefficient (Wildman–Crippen LogP) is 2.86. The molecule has 33 heavy (non-hydrogen) atoms. The highest BCUT2D eigenvalue weighted by Gasteiger charge is 2.17. The molecule has 1 aromatic heterocycles. The van der Waals surface area contributed by atoms with E-state index in [-0.39, 0.29) is 17.7 Å². The summed E-state index contributed by atoms with van der Waals surface area (Å²) in [6.45, 7) is 0.872. The van der Waals surface area contributed by atoms with Gasteiger partial charge in [-0.3, -0.25) is 9.52 Å². The number of benzene rings is 1. The quantitative estimate of drug-likeness (QED) is 0.568. The van der Waals surface area contributed by atoms with Crippen LogP contribution < -0.4 is 14.9 Å². The summed E-state index contributed by atoms with van der Waals surface area (Å²) in [6, 6.07) is 7.36. The van der Waals surface area contributed by atoms with Crippen LogP contribution in [0.5, 0.6) is 0 Å². The Balaban J connectivity index is 1.71. The van der Waals surface area contributed by atoms with Crippen LogP contribution in [-0.4, -0.2) is 38.7 Å². The van der Waals surface area contributed by atoms with Gasteiger partial charge in [-0.2, -0.15) is 5.26 Å². The summed E-state index contributed by atoms with van der Waals surface area (Å²) in [5, 5.41) is 11.8. The summed E-state index contributed by atoms with van der Waals surface area (Å²) in [6.07, 6.45) is 5.77. The third kappa shape index (κ3) is 6.49. The van der Waals surface area contributed by atoms with Gasteiger partial charge in [-0.05, 0) is 48.7 Å². The first-order valence-corrected chi connectivity index (χ1v) is 12.1. The zero-order valence-electron chi connectivity index (χ0n) is 17.9. The normalized spacial score (nSPS) is 13.8. The molecule has 0 radical (unpaired) electrons. The highest BCUT2D eigenvalue weighted by atomic mass is 32.2. The van der Waals surface area contributed by atoms with E-state index in [0.717, 1.165) is 38.3 Å². The maximum Gasteiger partial charge on any atom is 0.244 e. The summed E-state index contributed by atoms with van der Waals surface area (Å²) in [5.41, 5.74) is 0.653. The monoisotopic (exact) mass is 475 g/mol. The van der Waals surface area contributed by atoms with Crippen molar-refractivity contribution in [1.29, 1.82) is 5.26 Å². The van der Waals surface area contributed by atoms with Gasteiger partial charge in [0.05, 0.1) is 17.5 Å². The summed E-state index contributed by atoms with van der Waals surface area (Å²) >= 11 is 0. The first-order valence-electron chi connectivity index (χ1n) is 10.2. The molecule has 1 aliphatic heterocycles. The maximum atomic E-state index is 14.3. The van der Waals surface area contributed by atoms with Crippen LogP contribution in [0.15, 0.2) is 30.3 Å². The third-order valence-electron chi connectivity index (χ3n) is 4.94. The maximum absolute atomic E-state index is 14.3. The molecule has 1 aliphatic rings. The number of sulfonamides is 1. The van der Waals surface area contributed by atoms with Crippen molar-refractivity contribution in [2.75, 3.05) is 29.0 Å². The molecule has 0 unspecified atom stereocenters. The lowest BCUT2D eigenvalue weighted by Crippen LogP contribution is -2.22.